The molecule has 0 spiro atoms. The summed E-state index contributed by atoms with van der Waals surface area (Å²) >= 11 is 1.52. The van der Waals surface area contributed by atoms with Crippen LogP contribution >= 0.6 is 11.8 Å². The number of thioether (sulfide) groups is 1. The molecule has 31 heavy (non-hydrogen) atoms. The Bertz CT molecular complexity index is 1010. The lowest BCUT2D eigenvalue weighted by molar-refractivity contribution is -0.0440. The molecule has 1 N–H and O–H groups in total. The molecule has 1 aliphatic heterocycles. The average Bonchev–Trinajstić information content (AvgIpc) is 2.74. The molecule has 0 aliphatic carbocycles. The Kier molecular flexibility index (Phi) is 8.10. The summed E-state index contributed by atoms with van der Waals surface area (Å²) in [7, 11) is -3.71. The maximum atomic E-state index is 13.6. The van der Waals surface area contributed by atoms with Gasteiger partial charge in [-0.05, 0) is 43.7 Å². The Balaban J connectivity index is 1.55. The summed E-state index contributed by atoms with van der Waals surface area (Å²) in [5.41, 5.74) is 0.915. The van der Waals surface area contributed by atoms with Gasteiger partial charge < -0.3 is 10.1 Å². The van der Waals surface area contributed by atoms with Crippen molar-refractivity contribution in [2.75, 3.05) is 25.4 Å². The molecule has 0 radical (unpaired) electrons. The number of carbonyl (C=O) groups is 1. The number of nitrogens with one attached hydrogen (secondary N) is 1. The first kappa shape index (κ1) is 23.7. The van der Waals surface area contributed by atoms with Gasteiger partial charge in [0, 0.05) is 36.7 Å². The van der Waals surface area contributed by atoms with E-state index in [9.17, 15) is 17.6 Å². The number of ether oxygens (including phenoxy) is 1. The van der Waals surface area contributed by atoms with Crippen molar-refractivity contribution in [1.29, 1.82) is 0 Å². The number of rotatable bonds is 8. The molecular formula is C22H27FN2O4S2. The van der Waals surface area contributed by atoms with Crippen LogP contribution in [0.15, 0.2) is 53.4 Å². The van der Waals surface area contributed by atoms with Crippen LogP contribution in [0.4, 0.5) is 4.39 Å². The lowest BCUT2D eigenvalue weighted by Gasteiger charge is -2.34. The third-order valence-corrected chi connectivity index (χ3v) is 7.70. The van der Waals surface area contributed by atoms with Crippen molar-refractivity contribution in [1.82, 2.24) is 9.62 Å². The molecular weight excluding hydrogens is 439 g/mol. The minimum atomic E-state index is -3.71. The molecule has 2 aromatic rings. The number of sulfonamides is 1. The lowest BCUT2D eigenvalue weighted by Crippen LogP contribution is -2.48. The van der Waals surface area contributed by atoms with Crippen LogP contribution in [0.3, 0.4) is 0 Å². The van der Waals surface area contributed by atoms with Crippen LogP contribution in [0.2, 0.25) is 0 Å². The fourth-order valence-electron chi connectivity index (χ4n) is 3.41. The van der Waals surface area contributed by atoms with E-state index in [1.54, 1.807) is 30.3 Å². The molecule has 2 atom stereocenters. The highest BCUT2D eigenvalue weighted by Gasteiger charge is 2.32. The maximum Gasteiger partial charge on any atom is 0.251 e. The Labute approximate surface area is 187 Å². The molecule has 168 valence electrons. The number of benzene rings is 2. The number of halogens is 1. The monoisotopic (exact) mass is 466 g/mol. The number of carbonyl (C=O) groups excluding carboxylic acids is 1. The average molecular weight is 467 g/mol. The van der Waals surface area contributed by atoms with Gasteiger partial charge in [-0.2, -0.15) is 16.1 Å². The quantitative estimate of drug-likeness (QED) is 0.605. The minimum absolute atomic E-state index is 0.0929. The van der Waals surface area contributed by atoms with E-state index in [1.165, 1.54) is 34.3 Å². The number of hydrogen-bond donors (Lipinski definition) is 1. The Morgan fingerprint density at radius 1 is 1.16 bits per heavy atom. The van der Waals surface area contributed by atoms with Crippen molar-refractivity contribution in [3.05, 3.63) is 65.5 Å². The summed E-state index contributed by atoms with van der Waals surface area (Å²) in [6.45, 7) is 4.64. The van der Waals surface area contributed by atoms with Crippen molar-refractivity contribution in [2.24, 2.45) is 0 Å². The zero-order chi connectivity index (χ0) is 22.4. The predicted octanol–water partition coefficient (Wildman–Crippen LogP) is 3.29. The Hall–Kier alpha value is -1.94. The zero-order valence-corrected chi connectivity index (χ0v) is 19.2. The van der Waals surface area contributed by atoms with Crippen molar-refractivity contribution in [3.63, 3.8) is 0 Å². The zero-order valence-electron chi connectivity index (χ0n) is 17.6. The van der Waals surface area contributed by atoms with E-state index in [1.807, 2.05) is 13.8 Å². The summed E-state index contributed by atoms with van der Waals surface area (Å²) < 4.78 is 46.7. The van der Waals surface area contributed by atoms with E-state index < -0.39 is 10.0 Å². The Morgan fingerprint density at radius 3 is 2.58 bits per heavy atom. The van der Waals surface area contributed by atoms with Crippen LogP contribution in [-0.4, -0.2) is 56.2 Å². The van der Waals surface area contributed by atoms with Crippen molar-refractivity contribution in [3.8, 4) is 0 Å². The molecule has 1 fully saturated rings. The molecule has 6 nitrogen and oxygen atoms in total. The molecule has 2 aromatic carbocycles. The Morgan fingerprint density at radius 2 is 1.87 bits per heavy atom. The second-order valence-corrected chi connectivity index (χ2v) is 10.6. The maximum absolute atomic E-state index is 13.6. The van der Waals surface area contributed by atoms with Gasteiger partial charge in [0.2, 0.25) is 10.0 Å². The fourth-order valence-corrected chi connectivity index (χ4v) is 5.89. The lowest BCUT2D eigenvalue weighted by atomic mass is 10.2. The first-order chi connectivity index (χ1) is 14.8. The van der Waals surface area contributed by atoms with Gasteiger partial charge in [0.25, 0.3) is 5.91 Å². The van der Waals surface area contributed by atoms with Gasteiger partial charge in [0.1, 0.15) is 5.82 Å². The van der Waals surface area contributed by atoms with Crippen molar-refractivity contribution in [2.45, 2.75) is 36.7 Å². The molecule has 1 saturated heterocycles. The number of amides is 1. The molecule has 2 unspecified atom stereocenters. The van der Waals surface area contributed by atoms with E-state index in [2.05, 4.69) is 5.32 Å². The van der Waals surface area contributed by atoms with Gasteiger partial charge in [-0.1, -0.05) is 24.3 Å². The SMILES string of the molecule is CC1CN(S(=O)(=O)c2cccc(C(=O)NCCSCc3ccccc3F)c2)CC(C)O1. The normalized spacial score (nSPS) is 19.8. The summed E-state index contributed by atoms with van der Waals surface area (Å²) in [6, 6.07) is 12.7. The van der Waals surface area contributed by atoms with Crippen LogP contribution < -0.4 is 5.32 Å². The predicted molar refractivity (Wildman–Crippen MR) is 120 cm³/mol. The first-order valence-corrected chi connectivity index (χ1v) is 12.7. The topological polar surface area (TPSA) is 75.7 Å². The van der Waals surface area contributed by atoms with Crippen LogP contribution in [0, 0.1) is 5.82 Å². The molecule has 0 saturated carbocycles. The van der Waals surface area contributed by atoms with Gasteiger partial charge in [-0.25, -0.2) is 12.8 Å². The second-order valence-electron chi connectivity index (χ2n) is 7.51. The number of morpholine rings is 1. The molecule has 3 rings (SSSR count). The molecule has 1 aliphatic rings. The highest BCUT2D eigenvalue weighted by atomic mass is 32.2. The smallest absolute Gasteiger partial charge is 0.251 e. The van der Waals surface area contributed by atoms with E-state index in [0.717, 1.165) is 0 Å². The second kappa shape index (κ2) is 10.6. The molecule has 9 heteroatoms. The summed E-state index contributed by atoms with van der Waals surface area (Å²) in [6.07, 6.45) is -0.376. The number of nitrogens with zero attached hydrogens (tertiary/aromatic N) is 1. The largest absolute Gasteiger partial charge is 0.373 e. The van der Waals surface area contributed by atoms with Crippen molar-refractivity contribution >= 4 is 27.7 Å². The third-order valence-electron chi connectivity index (χ3n) is 4.87. The van der Waals surface area contributed by atoms with E-state index >= 15 is 0 Å². The van der Waals surface area contributed by atoms with Crippen LogP contribution in [0.1, 0.15) is 29.8 Å². The standard InChI is InChI=1S/C22H27FN2O4S2/c1-16-13-25(14-17(2)29-16)31(27,28)20-8-5-7-18(12-20)22(26)24-10-11-30-15-19-6-3-4-9-21(19)23/h3-9,12,16-17H,10-11,13-15H2,1-2H3,(H,24,26). The van der Waals surface area contributed by atoms with E-state index in [-0.39, 0.29) is 47.5 Å². The number of hydrogen-bond acceptors (Lipinski definition) is 5. The fraction of sp³-hybridized carbons (Fsp3) is 0.409. The van der Waals surface area contributed by atoms with Gasteiger partial charge in [-0.15, -0.1) is 0 Å². The molecule has 1 heterocycles. The van der Waals surface area contributed by atoms with Gasteiger partial charge in [-0.3, -0.25) is 4.79 Å². The molecule has 1 amide bonds. The van der Waals surface area contributed by atoms with Gasteiger partial charge >= 0.3 is 0 Å². The van der Waals surface area contributed by atoms with Crippen LogP contribution in [0.5, 0.6) is 0 Å². The molecule has 0 aromatic heterocycles. The third kappa shape index (κ3) is 6.29. The van der Waals surface area contributed by atoms with Crippen molar-refractivity contribution < 1.29 is 22.3 Å². The summed E-state index contributed by atoms with van der Waals surface area (Å²) in [4.78, 5) is 12.6. The van der Waals surface area contributed by atoms with Gasteiger partial charge in [0.15, 0.2) is 0 Å². The first-order valence-electron chi connectivity index (χ1n) is 10.1. The van der Waals surface area contributed by atoms with Crippen LogP contribution in [0.25, 0.3) is 0 Å². The van der Waals surface area contributed by atoms with E-state index in [4.69, 9.17) is 4.74 Å². The molecule has 0 bridgehead atoms. The summed E-state index contributed by atoms with van der Waals surface area (Å²) in [5.74, 6) is 0.558. The van der Waals surface area contributed by atoms with Crippen LogP contribution in [-0.2, 0) is 20.5 Å². The summed E-state index contributed by atoms with van der Waals surface area (Å²) in [5, 5.41) is 2.79. The minimum Gasteiger partial charge on any atom is -0.373 e. The van der Waals surface area contributed by atoms with E-state index in [0.29, 0.717) is 23.6 Å². The highest BCUT2D eigenvalue weighted by molar-refractivity contribution is 7.98. The highest BCUT2D eigenvalue weighted by Crippen LogP contribution is 2.22. The van der Waals surface area contributed by atoms with Gasteiger partial charge in [0.05, 0.1) is 17.1 Å².